The fourth-order valence-electron chi connectivity index (χ4n) is 2.67. The molecule has 0 spiro atoms. The quantitative estimate of drug-likeness (QED) is 0.579. The number of hydrogen-bond donors (Lipinski definition) is 1. The Balaban J connectivity index is 1.92. The molecule has 0 radical (unpaired) electrons. The van der Waals surface area contributed by atoms with Gasteiger partial charge in [0.05, 0.1) is 16.3 Å². The average Bonchev–Trinajstić information content (AvgIpc) is 2.71. The number of nitrogens with zero attached hydrogens (tertiary/aromatic N) is 1. The second kappa shape index (κ2) is 8.94. The number of carbonyl (C=O) groups excluding carboxylic acids is 1. The van der Waals surface area contributed by atoms with E-state index in [1.54, 1.807) is 72.8 Å². The molecule has 3 aromatic rings. The summed E-state index contributed by atoms with van der Waals surface area (Å²) in [7, 11) is -4.07. The molecule has 0 heterocycles. The molecule has 0 fully saturated rings. The fourth-order valence-corrected chi connectivity index (χ4v) is 3.62. The summed E-state index contributed by atoms with van der Waals surface area (Å²) in [5, 5.41) is 0.420. The molecule has 0 atom stereocenters. The summed E-state index contributed by atoms with van der Waals surface area (Å²) in [5.74, 6) is 0. The molecule has 1 N–H and O–H groups in total. The summed E-state index contributed by atoms with van der Waals surface area (Å²) in [6, 6.07) is 23.7. The van der Waals surface area contributed by atoms with E-state index in [0.29, 0.717) is 22.0 Å². The molecule has 3 rings (SSSR count). The molecule has 2 amide bonds. The molecule has 29 heavy (non-hydrogen) atoms. The van der Waals surface area contributed by atoms with E-state index >= 15 is 0 Å². The summed E-state index contributed by atoms with van der Waals surface area (Å²) in [6.07, 6.45) is 1.42. The summed E-state index contributed by atoms with van der Waals surface area (Å²) in [5.41, 5.74) is 1.63. The minimum Gasteiger partial charge on any atom is -0.262 e. The number of allylic oxidation sites excluding steroid dienone is 1. The zero-order chi connectivity index (χ0) is 20.9. The van der Waals surface area contributed by atoms with Crippen LogP contribution in [0.3, 0.4) is 0 Å². The first-order valence-corrected chi connectivity index (χ1v) is 10.6. The van der Waals surface area contributed by atoms with Crippen molar-refractivity contribution >= 4 is 45.1 Å². The first-order chi connectivity index (χ1) is 13.9. The zero-order valence-electron chi connectivity index (χ0n) is 15.6. The van der Waals surface area contributed by atoms with E-state index in [9.17, 15) is 13.2 Å². The molecular weight excluding hydrogens is 408 g/mol. The van der Waals surface area contributed by atoms with Gasteiger partial charge in [-0.2, -0.15) is 0 Å². The van der Waals surface area contributed by atoms with E-state index in [0.717, 1.165) is 0 Å². The number of rotatable bonds is 5. The lowest BCUT2D eigenvalue weighted by atomic mass is 10.2. The second-order valence-electron chi connectivity index (χ2n) is 6.19. The van der Waals surface area contributed by atoms with E-state index in [-0.39, 0.29) is 4.91 Å². The monoisotopic (exact) mass is 426 g/mol. The molecule has 0 bridgehead atoms. The molecule has 0 saturated heterocycles. The van der Waals surface area contributed by atoms with Crippen LogP contribution in [-0.2, 0) is 10.0 Å². The molecular formula is C22H19ClN2O3S. The molecule has 0 unspecified atom stereocenters. The van der Waals surface area contributed by atoms with E-state index in [4.69, 9.17) is 11.6 Å². The van der Waals surface area contributed by atoms with Gasteiger partial charge in [0.1, 0.15) is 0 Å². The van der Waals surface area contributed by atoms with Gasteiger partial charge in [0, 0.05) is 5.02 Å². The van der Waals surface area contributed by atoms with Crippen LogP contribution < -0.4 is 9.62 Å². The fraction of sp³-hybridized carbons (Fsp3) is 0.0455. The predicted molar refractivity (Wildman–Crippen MR) is 118 cm³/mol. The van der Waals surface area contributed by atoms with E-state index in [1.165, 1.54) is 17.9 Å². The Morgan fingerprint density at radius 3 is 1.86 bits per heavy atom. The van der Waals surface area contributed by atoms with Gasteiger partial charge in [0.2, 0.25) is 0 Å². The summed E-state index contributed by atoms with van der Waals surface area (Å²) >= 11 is 6.10. The molecule has 0 aliphatic carbocycles. The third-order valence-electron chi connectivity index (χ3n) is 4.14. The van der Waals surface area contributed by atoms with Crippen molar-refractivity contribution in [3.8, 4) is 0 Å². The van der Waals surface area contributed by atoms with Crippen molar-refractivity contribution in [2.75, 3.05) is 4.90 Å². The number of carbonyl (C=O) groups is 1. The normalized spacial score (nSPS) is 11.7. The van der Waals surface area contributed by atoms with Crippen molar-refractivity contribution in [2.45, 2.75) is 6.92 Å². The smallest absolute Gasteiger partial charge is 0.262 e. The Kier molecular flexibility index (Phi) is 6.36. The number of benzene rings is 3. The van der Waals surface area contributed by atoms with Gasteiger partial charge in [-0.05, 0) is 48.9 Å². The van der Waals surface area contributed by atoms with Crippen LogP contribution in [-0.4, -0.2) is 14.4 Å². The lowest BCUT2D eigenvalue weighted by Crippen LogP contribution is -2.40. The summed E-state index contributed by atoms with van der Waals surface area (Å²) in [4.78, 5) is 14.2. The van der Waals surface area contributed by atoms with Crippen LogP contribution in [0.4, 0.5) is 16.2 Å². The number of amides is 2. The van der Waals surface area contributed by atoms with Crippen LogP contribution in [0.1, 0.15) is 12.5 Å². The van der Waals surface area contributed by atoms with E-state index in [2.05, 4.69) is 4.72 Å². The first-order valence-electron chi connectivity index (χ1n) is 8.78. The maximum absolute atomic E-state index is 13.0. The maximum atomic E-state index is 13.0. The minimum atomic E-state index is -4.07. The molecule has 0 aliphatic rings. The third kappa shape index (κ3) is 5.04. The second-order valence-corrected chi connectivity index (χ2v) is 8.46. The lowest BCUT2D eigenvalue weighted by molar-refractivity contribution is 0.253. The minimum absolute atomic E-state index is 0.0278. The maximum Gasteiger partial charge on any atom is 0.340 e. The number of anilines is 2. The van der Waals surface area contributed by atoms with Crippen molar-refractivity contribution in [3.63, 3.8) is 0 Å². The van der Waals surface area contributed by atoms with Crippen LogP contribution in [0.25, 0.3) is 6.08 Å². The van der Waals surface area contributed by atoms with Crippen LogP contribution >= 0.6 is 11.6 Å². The SMILES string of the molecule is C/C(=C\c1ccccc1Cl)S(=O)(=O)NC(=O)N(c1ccccc1)c1ccccc1. The average molecular weight is 427 g/mol. The van der Waals surface area contributed by atoms with Gasteiger partial charge in [0.15, 0.2) is 0 Å². The van der Waals surface area contributed by atoms with Crippen LogP contribution in [0.15, 0.2) is 89.8 Å². The van der Waals surface area contributed by atoms with Crippen molar-refractivity contribution < 1.29 is 13.2 Å². The Hall–Kier alpha value is -3.09. The summed E-state index contributed by atoms with van der Waals surface area (Å²) in [6.45, 7) is 1.41. The lowest BCUT2D eigenvalue weighted by Gasteiger charge is -2.23. The molecule has 0 saturated carbocycles. The van der Waals surface area contributed by atoms with Crippen molar-refractivity contribution in [1.82, 2.24) is 4.72 Å². The van der Waals surface area contributed by atoms with Gasteiger partial charge < -0.3 is 0 Å². The van der Waals surface area contributed by atoms with Crippen molar-refractivity contribution in [2.24, 2.45) is 0 Å². The number of nitrogens with one attached hydrogen (secondary N) is 1. The molecule has 148 valence electrons. The Morgan fingerprint density at radius 1 is 0.862 bits per heavy atom. The van der Waals surface area contributed by atoms with Crippen molar-refractivity contribution in [1.29, 1.82) is 0 Å². The predicted octanol–water partition coefficient (Wildman–Crippen LogP) is 5.58. The third-order valence-corrected chi connectivity index (χ3v) is 5.89. The highest BCUT2D eigenvalue weighted by molar-refractivity contribution is 7.94. The molecule has 0 aliphatic heterocycles. The Labute approximate surface area is 175 Å². The van der Waals surface area contributed by atoms with E-state index in [1.807, 2.05) is 12.1 Å². The summed E-state index contributed by atoms with van der Waals surface area (Å²) < 4.78 is 27.6. The molecule has 3 aromatic carbocycles. The van der Waals surface area contributed by atoms with Gasteiger partial charge in [0.25, 0.3) is 10.0 Å². The van der Waals surface area contributed by atoms with E-state index < -0.39 is 16.1 Å². The standard InChI is InChI=1S/C22H19ClN2O3S/c1-17(16-18-10-8-9-15-21(18)23)29(27,28)24-22(26)25(19-11-4-2-5-12-19)20-13-6-3-7-14-20/h2-16H,1H3,(H,24,26)/b17-16+. The van der Waals surface area contributed by atoms with Crippen molar-refractivity contribution in [3.05, 3.63) is 100 Å². The molecule has 0 aromatic heterocycles. The zero-order valence-corrected chi connectivity index (χ0v) is 17.2. The highest BCUT2D eigenvalue weighted by Crippen LogP contribution is 2.26. The van der Waals surface area contributed by atoms with Gasteiger partial charge in [-0.15, -0.1) is 0 Å². The number of para-hydroxylation sites is 2. The highest BCUT2D eigenvalue weighted by Gasteiger charge is 2.24. The van der Waals surface area contributed by atoms with Crippen LogP contribution in [0.2, 0.25) is 5.02 Å². The molecule has 5 nitrogen and oxygen atoms in total. The molecule has 7 heteroatoms. The Bertz CT molecular complexity index is 1090. The van der Waals surface area contributed by atoms with Gasteiger partial charge in [-0.25, -0.2) is 17.9 Å². The highest BCUT2D eigenvalue weighted by atomic mass is 35.5. The van der Waals surface area contributed by atoms with Crippen LogP contribution in [0, 0.1) is 0 Å². The number of hydrogen-bond acceptors (Lipinski definition) is 3. The van der Waals surface area contributed by atoms with Gasteiger partial charge >= 0.3 is 6.03 Å². The van der Waals surface area contributed by atoms with Gasteiger partial charge in [-0.1, -0.05) is 66.2 Å². The largest absolute Gasteiger partial charge is 0.340 e. The van der Waals surface area contributed by atoms with Crippen LogP contribution in [0.5, 0.6) is 0 Å². The topological polar surface area (TPSA) is 66.5 Å². The number of halogens is 1. The van der Waals surface area contributed by atoms with Gasteiger partial charge in [-0.3, -0.25) is 4.90 Å². The first kappa shape index (κ1) is 20.6. The number of sulfonamides is 1. The Morgan fingerprint density at radius 2 is 1.34 bits per heavy atom. The number of urea groups is 1.